The molecule has 0 saturated carbocycles. The summed E-state index contributed by atoms with van der Waals surface area (Å²) < 4.78 is 18.2. The zero-order valence-electron chi connectivity index (χ0n) is 9.20. The number of hydrogen-bond donors (Lipinski definition) is 1. The smallest absolute Gasteiger partial charge is 0.213 e. The standard InChI is InChI=1S/C12H10FN3O/c1-8-6-16-12(17-8)7-15-11-3-2-10(13)4-9(11)5-14/h2-4,6,15H,7H2,1H3. The van der Waals surface area contributed by atoms with Crippen molar-refractivity contribution in [2.45, 2.75) is 13.5 Å². The topological polar surface area (TPSA) is 61.9 Å². The van der Waals surface area contributed by atoms with E-state index in [0.717, 1.165) is 5.76 Å². The van der Waals surface area contributed by atoms with Crippen molar-refractivity contribution in [1.82, 2.24) is 4.98 Å². The Kier molecular flexibility index (Phi) is 3.06. The molecule has 1 aromatic heterocycles. The van der Waals surface area contributed by atoms with Crippen LogP contribution >= 0.6 is 0 Å². The fourth-order valence-corrected chi connectivity index (χ4v) is 1.42. The van der Waals surface area contributed by atoms with Gasteiger partial charge in [-0.05, 0) is 25.1 Å². The molecule has 1 aromatic carbocycles. The van der Waals surface area contributed by atoms with Crippen molar-refractivity contribution < 1.29 is 8.81 Å². The number of oxazole rings is 1. The second-order valence-electron chi connectivity index (χ2n) is 3.52. The molecule has 0 atom stereocenters. The lowest BCUT2D eigenvalue weighted by atomic mass is 10.2. The highest BCUT2D eigenvalue weighted by molar-refractivity contribution is 5.57. The minimum Gasteiger partial charge on any atom is -0.444 e. The fourth-order valence-electron chi connectivity index (χ4n) is 1.42. The predicted octanol–water partition coefficient (Wildman–Crippen LogP) is 2.61. The zero-order valence-corrected chi connectivity index (χ0v) is 9.20. The van der Waals surface area contributed by atoms with E-state index in [-0.39, 0.29) is 5.56 Å². The highest BCUT2D eigenvalue weighted by atomic mass is 19.1. The summed E-state index contributed by atoms with van der Waals surface area (Å²) in [6, 6.07) is 5.92. The summed E-state index contributed by atoms with van der Waals surface area (Å²) in [5.41, 5.74) is 0.818. The number of benzene rings is 1. The molecular weight excluding hydrogens is 221 g/mol. The Hall–Kier alpha value is -2.35. The molecule has 0 unspecified atom stereocenters. The minimum absolute atomic E-state index is 0.258. The van der Waals surface area contributed by atoms with Crippen molar-refractivity contribution in [2.24, 2.45) is 0 Å². The van der Waals surface area contributed by atoms with E-state index < -0.39 is 5.82 Å². The molecule has 2 rings (SSSR count). The molecule has 5 heteroatoms. The Morgan fingerprint density at radius 3 is 3.00 bits per heavy atom. The Morgan fingerprint density at radius 1 is 1.53 bits per heavy atom. The fraction of sp³-hybridized carbons (Fsp3) is 0.167. The predicted molar refractivity (Wildman–Crippen MR) is 59.7 cm³/mol. The molecule has 0 aliphatic rings. The van der Waals surface area contributed by atoms with Crippen LogP contribution in [0.3, 0.4) is 0 Å². The number of aryl methyl sites for hydroxylation is 1. The van der Waals surface area contributed by atoms with Crippen molar-refractivity contribution in [3.05, 3.63) is 47.4 Å². The van der Waals surface area contributed by atoms with Crippen molar-refractivity contribution in [3.8, 4) is 6.07 Å². The monoisotopic (exact) mass is 231 g/mol. The van der Waals surface area contributed by atoms with E-state index >= 15 is 0 Å². The third-order valence-electron chi connectivity index (χ3n) is 2.20. The van der Waals surface area contributed by atoms with Gasteiger partial charge in [-0.15, -0.1) is 0 Å². The average Bonchev–Trinajstić information content (AvgIpc) is 2.73. The van der Waals surface area contributed by atoms with Crippen LogP contribution in [0.25, 0.3) is 0 Å². The molecule has 0 aliphatic carbocycles. The zero-order chi connectivity index (χ0) is 12.3. The van der Waals surface area contributed by atoms with Gasteiger partial charge >= 0.3 is 0 Å². The summed E-state index contributed by atoms with van der Waals surface area (Å²) in [6.45, 7) is 2.16. The Bertz CT molecular complexity index is 571. The van der Waals surface area contributed by atoms with E-state index in [2.05, 4.69) is 10.3 Å². The molecule has 1 N–H and O–H groups in total. The highest BCUT2D eigenvalue weighted by Crippen LogP contribution is 2.16. The molecule has 17 heavy (non-hydrogen) atoms. The van der Waals surface area contributed by atoms with E-state index in [9.17, 15) is 4.39 Å². The largest absolute Gasteiger partial charge is 0.444 e. The number of hydrogen-bond acceptors (Lipinski definition) is 4. The van der Waals surface area contributed by atoms with Gasteiger partial charge in [0.25, 0.3) is 0 Å². The van der Waals surface area contributed by atoms with Crippen LogP contribution in [0, 0.1) is 24.1 Å². The molecule has 4 nitrogen and oxygen atoms in total. The first-order chi connectivity index (χ1) is 8.19. The molecule has 0 bridgehead atoms. The van der Waals surface area contributed by atoms with Gasteiger partial charge in [-0.2, -0.15) is 5.26 Å². The van der Waals surface area contributed by atoms with E-state index in [1.54, 1.807) is 13.1 Å². The molecule has 86 valence electrons. The molecule has 0 amide bonds. The molecule has 1 heterocycles. The van der Waals surface area contributed by atoms with E-state index in [1.807, 2.05) is 6.07 Å². The first-order valence-corrected chi connectivity index (χ1v) is 5.04. The van der Waals surface area contributed by atoms with Gasteiger partial charge < -0.3 is 9.73 Å². The van der Waals surface area contributed by atoms with Crippen LogP contribution in [0.4, 0.5) is 10.1 Å². The number of anilines is 1. The molecule has 0 saturated heterocycles. The summed E-state index contributed by atoms with van der Waals surface area (Å²) >= 11 is 0. The van der Waals surface area contributed by atoms with Gasteiger partial charge in [0, 0.05) is 0 Å². The Balaban J connectivity index is 2.12. The van der Waals surface area contributed by atoms with Crippen molar-refractivity contribution in [3.63, 3.8) is 0 Å². The van der Waals surface area contributed by atoms with Gasteiger partial charge in [-0.25, -0.2) is 9.37 Å². The highest BCUT2D eigenvalue weighted by Gasteiger charge is 2.05. The first-order valence-electron chi connectivity index (χ1n) is 5.04. The van der Waals surface area contributed by atoms with Crippen LogP contribution in [0.1, 0.15) is 17.2 Å². The third kappa shape index (κ3) is 2.61. The normalized spacial score (nSPS) is 9.94. The molecule has 0 spiro atoms. The molecule has 2 aromatic rings. The third-order valence-corrected chi connectivity index (χ3v) is 2.20. The molecule has 0 aliphatic heterocycles. The SMILES string of the molecule is Cc1cnc(CNc2ccc(F)cc2C#N)o1. The second-order valence-corrected chi connectivity index (χ2v) is 3.52. The van der Waals surface area contributed by atoms with Gasteiger partial charge in [0.2, 0.25) is 5.89 Å². The van der Waals surface area contributed by atoms with Gasteiger partial charge in [-0.1, -0.05) is 0 Å². The van der Waals surface area contributed by atoms with Gasteiger partial charge in [-0.3, -0.25) is 0 Å². The number of nitriles is 1. The van der Waals surface area contributed by atoms with E-state index in [4.69, 9.17) is 9.68 Å². The second kappa shape index (κ2) is 4.66. The number of rotatable bonds is 3. The minimum atomic E-state index is -0.431. The summed E-state index contributed by atoms with van der Waals surface area (Å²) in [7, 11) is 0. The van der Waals surface area contributed by atoms with Crippen molar-refractivity contribution in [1.29, 1.82) is 5.26 Å². The summed E-state index contributed by atoms with van der Waals surface area (Å²) in [5, 5.41) is 11.8. The van der Waals surface area contributed by atoms with Crippen molar-refractivity contribution >= 4 is 5.69 Å². The van der Waals surface area contributed by atoms with Crippen LogP contribution in [0.15, 0.2) is 28.8 Å². The van der Waals surface area contributed by atoms with Gasteiger partial charge in [0.1, 0.15) is 17.6 Å². The summed E-state index contributed by atoms with van der Waals surface area (Å²) in [4.78, 5) is 4.02. The lowest BCUT2D eigenvalue weighted by Crippen LogP contribution is -2.01. The maximum absolute atomic E-state index is 12.9. The van der Waals surface area contributed by atoms with Gasteiger partial charge in [0.15, 0.2) is 0 Å². The molecular formula is C12H10FN3O. The lowest BCUT2D eigenvalue weighted by Gasteiger charge is -2.05. The first kappa shape index (κ1) is 11.1. The molecule has 0 fully saturated rings. The summed E-state index contributed by atoms with van der Waals surface area (Å²) in [6.07, 6.45) is 1.62. The number of halogens is 1. The number of nitrogens with zero attached hydrogens (tertiary/aromatic N) is 2. The average molecular weight is 231 g/mol. The number of nitrogens with one attached hydrogen (secondary N) is 1. The van der Waals surface area contributed by atoms with E-state index in [0.29, 0.717) is 18.1 Å². The summed E-state index contributed by atoms with van der Waals surface area (Å²) in [5.74, 6) is 0.816. The van der Waals surface area contributed by atoms with Crippen LogP contribution in [0.5, 0.6) is 0 Å². The van der Waals surface area contributed by atoms with Crippen LogP contribution in [0.2, 0.25) is 0 Å². The number of aromatic nitrogens is 1. The Morgan fingerprint density at radius 2 is 2.35 bits per heavy atom. The lowest BCUT2D eigenvalue weighted by molar-refractivity contribution is 0.479. The van der Waals surface area contributed by atoms with Crippen LogP contribution < -0.4 is 5.32 Å². The van der Waals surface area contributed by atoms with Crippen LogP contribution in [-0.4, -0.2) is 4.98 Å². The van der Waals surface area contributed by atoms with Crippen molar-refractivity contribution in [2.75, 3.05) is 5.32 Å². The molecule has 0 radical (unpaired) electrons. The maximum Gasteiger partial charge on any atom is 0.213 e. The van der Waals surface area contributed by atoms with E-state index in [1.165, 1.54) is 18.2 Å². The Labute approximate surface area is 97.7 Å². The van der Waals surface area contributed by atoms with Crippen LogP contribution in [-0.2, 0) is 6.54 Å². The quantitative estimate of drug-likeness (QED) is 0.881. The van der Waals surface area contributed by atoms with Gasteiger partial charge in [0.05, 0.1) is 24.0 Å². The maximum atomic E-state index is 12.9.